The molecule has 6 heteroatoms. The van der Waals surface area contributed by atoms with Crippen molar-refractivity contribution in [1.29, 1.82) is 0 Å². The minimum atomic E-state index is -5.22. The highest BCUT2D eigenvalue weighted by Crippen LogP contribution is 2.21. The van der Waals surface area contributed by atoms with Crippen molar-refractivity contribution in [2.75, 3.05) is 27.4 Å². The highest BCUT2D eigenvalue weighted by atomic mass is 32.2. The lowest BCUT2D eigenvalue weighted by Gasteiger charge is -2.08. The zero-order chi connectivity index (χ0) is 28.5. The molecular formula is C14H21N3O2S. The fraction of sp³-hybridized carbons (Fsp3) is 0.429. The Balaban J connectivity index is 2.81. The molecule has 0 saturated carbocycles. The van der Waals surface area contributed by atoms with E-state index in [-0.39, 0.29) is 5.52 Å². The summed E-state index contributed by atoms with van der Waals surface area (Å²) >= 11 is 0. The molecule has 0 aliphatic carbocycles. The molecule has 0 spiro atoms. The maximum atomic E-state index is 12.4. The fourth-order valence-corrected chi connectivity index (χ4v) is 2.00. The van der Waals surface area contributed by atoms with Crippen LogP contribution >= 0.6 is 0 Å². The van der Waals surface area contributed by atoms with Gasteiger partial charge >= 0.3 is 0 Å². The molecule has 0 bridgehead atoms. The summed E-state index contributed by atoms with van der Waals surface area (Å²) in [6, 6.07) is 2.65. The predicted octanol–water partition coefficient (Wildman–Crippen LogP) is 1.32. The van der Waals surface area contributed by atoms with Crippen LogP contribution < -0.4 is 4.72 Å². The normalized spacial score (nSPS) is 28.2. The Morgan fingerprint density at radius 3 is 3.10 bits per heavy atom. The van der Waals surface area contributed by atoms with Gasteiger partial charge in [-0.15, -0.1) is 0 Å². The van der Waals surface area contributed by atoms with Gasteiger partial charge in [0.25, 0.3) is 0 Å². The van der Waals surface area contributed by atoms with Gasteiger partial charge in [-0.2, -0.15) is 0 Å². The molecule has 0 atom stereocenters. The molecule has 20 heavy (non-hydrogen) atoms. The standard InChI is InChI=1S/C14H21N3O2S/c1-15-20(18,19)10-11-4-5-14-13(8-11)12(9-16-14)6-7-17(2)3/h4-5,8-9,15-16H,6-7,10H2,1-3H3/i1D3,2D3,3D3,6D2,7D2,9D,10D2. The maximum absolute atomic E-state index is 12.4. The Labute approximate surface area is 142 Å². The van der Waals surface area contributed by atoms with Crippen LogP contribution in [0.25, 0.3) is 10.9 Å². The molecule has 1 heterocycles. The first-order chi connectivity index (χ1) is 15.7. The van der Waals surface area contributed by atoms with Gasteiger partial charge in [0.1, 0.15) is 0 Å². The first-order valence-electron chi connectivity index (χ1n) is 13.2. The smallest absolute Gasteiger partial charge is 0.215 e. The molecule has 2 N–H and O–H groups in total. The van der Waals surface area contributed by atoms with Crippen LogP contribution in [-0.4, -0.2) is 45.7 Å². The molecule has 0 aliphatic rings. The highest BCUT2D eigenvalue weighted by Gasteiger charge is 2.11. The SMILES string of the molecule is [2H]c1[nH]c2ccc(C([2H])([2H])S(=O)(=O)NC([2H])([2H])[2H])cc2c1C([2H])([2H])C([2H])([2H])N(C([2H])([2H])[2H])C([2H])([2H])[2H]. The van der Waals surface area contributed by atoms with Crippen LogP contribution in [0.2, 0.25) is 0 Å². The zero-order valence-corrected chi connectivity index (χ0v) is 10.7. The largest absolute Gasteiger partial charge is 0.361 e. The monoisotopic (exact) mass is 311 g/mol. The van der Waals surface area contributed by atoms with E-state index in [4.69, 9.17) is 21.9 Å². The van der Waals surface area contributed by atoms with Crippen molar-refractivity contribution in [3.05, 3.63) is 35.5 Å². The molecule has 0 saturated heterocycles. The third-order valence-corrected chi connectivity index (χ3v) is 3.06. The lowest BCUT2D eigenvalue weighted by atomic mass is 10.1. The van der Waals surface area contributed by atoms with Crippen molar-refractivity contribution in [1.82, 2.24) is 14.6 Å². The van der Waals surface area contributed by atoms with E-state index in [9.17, 15) is 8.42 Å². The van der Waals surface area contributed by atoms with E-state index in [1.165, 1.54) is 4.72 Å². The number of fused-ring (bicyclic) bond motifs is 1. The zero-order valence-electron chi connectivity index (χ0n) is 25.9. The third-order valence-electron chi connectivity index (χ3n) is 2.29. The average molecular weight is 312 g/mol. The van der Waals surface area contributed by atoms with Gasteiger partial charge in [-0.05, 0) is 50.6 Å². The quantitative estimate of drug-likeness (QED) is 0.845. The molecule has 0 aliphatic heterocycles. The molecule has 0 unspecified atom stereocenters. The summed E-state index contributed by atoms with van der Waals surface area (Å²) in [6.07, 6.45) is -4.37. The summed E-state index contributed by atoms with van der Waals surface area (Å²) in [5, 5.41) is -0.463. The molecule has 110 valence electrons. The Morgan fingerprint density at radius 1 is 1.50 bits per heavy atom. The lowest BCUT2D eigenvalue weighted by molar-refractivity contribution is 0.414. The second-order valence-corrected chi connectivity index (χ2v) is 5.08. The Hall–Kier alpha value is -1.37. The van der Waals surface area contributed by atoms with Crippen LogP contribution in [0.5, 0.6) is 0 Å². The van der Waals surface area contributed by atoms with Crippen molar-refractivity contribution >= 4 is 20.9 Å². The fourth-order valence-electron chi connectivity index (χ4n) is 1.51. The number of aryl methyl sites for hydroxylation is 1. The van der Waals surface area contributed by atoms with Gasteiger partial charge in [0.15, 0.2) is 0 Å². The number of hydrogen-bond donors (Lipinski definition) is 2. The number of nitrogens with zero attached hydrogens (tertiary/aromatic N) is 1. The Bertz CT molecular complexity index is 1230. The van der Waals surface area contributed by atoms with Crippen LogP contribution in [-0.2, 0) is 22.1 Å². The Kier molecular flexibility index (Phi) is 1.36. The van der Waals surface area contributed by atoms with Gasteiger partial charge in [-0.1, -0.05) is 6.07 Å². The second-order valence-electron chi connectivity index (χ2n) is 3.67. The van der Waals surface area contributed by atoms with E-state index in [2.05, 4.69) is 4.98 Å². The van der Waals surface area contributed by atoms with Crippen LogP contribution in [0.4, 0.5) is 0 Å². The number of hydrogen-bond acceptors (Lipinski definition) is 3. The maximum Gasteiger partial charge on any atom is 0.215 e. The van der Waals surface area contributed by atoms with Gasteiger partial charge in [-0.25, -0.2) is 13.1 Å². The number of H-pyrrole nitrogens is 1. The number of likely N-dealkylation sites (N-methyl/N-ethyl adjacent to an activating group) is 1. The second kappa shape index (κ2) is 5.95. The van der Waals surface area contributed by atoms with E-state index >= 15 is 0 Å². The minimum absolute atomic E-state index is 0.121. The summed E-state index contributed by atoms with van der Waals surface area (Å²) < 4.78 is 149. The number of nitrogens with one attached hydrogen (secondary N) is 2. The van der Waals surface area contributed by atoms with Gasteiger partial charge in [0, 0.05) is 44.1 Å². The topological polar surface area (TPSA) is 65.2 Å². The molecule has 2 aromatic rings. The van der Waals surface area contributed by atoms with Crippen LogP contribution in [0, 0.1) is 0 Å². The average Bonchev–Trinajstić information content (AvgIpc) is 2.91. The van der Waals surface area contributed by atoms with E-state index in [1.54, 1.807) is 0 Å². The molecule has 2 rings (SSSR count). The predicted molar refractivity (Wildman–Crippen MR) is 82.2 cm³/mol. The van der Waals surface area contributed by atoms with Crippen molar-refractivity contribution in [3.63, 3.8) is 0 Å². The number of sulfonamides is 1. The number of aromatic amines is 1. The van der Waals surface area contributed by atoms with Gasteiger partial charge in [0.05, 0.1) is 7.08 Å². The molecule has 1 aromatic heterocycles. The van der Waals surface area contributed by atoms with Gasteiger partial charge < -0.3 is 9.88 Å². The van der Waals surface area contributed by atoms with Crippen molar-refractivity contribution < 1.29 is 30.3 Å². The summed E-state index contributed by atoms with van der Waals surface area (Å²) in [5.74, 6) is 0. The first kappa shape index (κ1) is 4.56. The Morgan fingerprint density at radius 2 is 2.35 bits per heavy atom. The number of rotatable bonds is 6. The lowest BCUT2D eigenvalue weighted by Crippen LogP contribution is -2.20. The van der Waals surface area contributed by atoms with Gasteiger partial charge in [0.2, 0.25) is 10.0 Å². The van der Waals surface area contributed by atoms with E-state index in [0.29, 0.717) is 0 Å². The summed E-state index contributed by atoms with van der Waals surface area (Å²) in [4.78, 5) is 1.72. The van der Waals surface area contributed by atoms with E-state index in [0.717, 1.165) is 18.2 Å². The van der Waals surface area contributed by atoms with Crippen LogP contribution in [0.3, 0.4) is 0 Å². The minimum Gasteiger partial charge on any atom is -0.361 e. The molecule has 0 fully saturated rings. The third kappa shape index (κ3) is 3.59. The molecular weight excluding hydrogens is 274 g/mol. The molecule has 0 radical (unpaired) electrons. The van der Waals surface area contributed by atoms with Crippen molar-refractivity contribution in [2.45, 2.75) is 12.1 Å². The molecule has 1 aromatic carbocycles. The summed E-state index contributed by atoms with van der Waals surface area (Å²) in [5.41, 5.74) is -5.18. The summed E-state index contributed by atoms with van der Waals surface area (Å²) in [6.45, 7) is -14.4. The molecule has 5 nitrogen and oxygen atoms in total. The van der Waals surface area contributed by atoms with Crippen LogP contribution in [0.15, 0.2) is 24.4 Å². The highest BCUT2D eigenvalue weighted by molar-refractivity contribution is 7.88. The summed E-state index contributed by atoms with van der Waals surface area (Å²) in [7, 11) is -5.22. The first-order valence-corrected chi connectivity index (χ1v) is 6.63. The van der Waals surface area contributed by atoms with Crippen molar-refractivity contribution in [2.24, 2.45) is 0 Å². The molecule has 0 amide bonds. The number of benzene rings is 1. The van der Waals surface area contributed by atoms with Crippen LogP contribution in [0.1, 0.15) is 33.1 Å². The number of aromatic nitrogens is 1. The van der Waals surface area contributed by atoms with Gasteiger partial charge in [-0.3, -0.25) is 0 Å². The van der Waals surface area contributed by atoms with E-state index in [1.807, 2.05) is 0 Å². The van der Waals surface area contributed by atoms with Crippen molar-refractivity contribution in [3.8, 4) is 0 Å². The van der Waals surface area contributed by atoms with E-state index < -0.39 is 77.1 Å².